The number of carbonyl (C=O) groups is 1. The molecule has 0 saturated carbocycles. The van der Waals surface area contributed by atoms with Gasteiger partial charge in [-0.3, -0.25) is 4.79 Å². The summed E-state index contributed by atoms with van der Waals surface area (Å²) in [6.07, 6.45) is 0.725. The number of ether oxygens (including phenoxy) is 2. The zero-order valence-corrected chi connectivity index (χ0v) is 14.8. The first-order valence-corrected chi connectivity index (χ1v) is 8.66. The van der Waals surface area contributed by atoms with E-state index in [4.69, 9.17) is 9.47 Å². The van der Waals surface area contributed by atoms with Gasteiger partial charge in [0.05, 0.1) is 19.8 Å². The molecule has 2 aromatic carbocycles. The number of amides is 1. The summed E-state index contributed by atoms with van der Waals surface area (Å²) in [6, 6.07) is 15.0. The number of nitrogens with zero attached hydrogens (tertiary/aromatic N) is 4. The van der Waals surface area contributed by atoms with Gasteiger partial charge in [-0.2, -0.15) is 4.80 Å². The maximum absolute atomic E-state index is 12.4. The van der Waals surface area contributed by atoms with Crippen molar-refractivity contribution in [2.24, 2.45) is 0 Å². The third-order valence-electron chi connectivity index (χ3n) is 4.36. The molecule has 1 N–H and O–H groups in total. The van der Waals surface area contributed by atoms with Crippen molar-refractivity contribution >= 4 is 5.91 Å². The number of fused-ring (bicyclic) bond motifs is 1. The standard InChI is InChI=1S/C19H19N5O3/c1-26-14-6-4-5-13(11-14)19-21-23-24(22-19)12-18(25)20-16-9-10-27-17-8-3-2-7-15(16)17/h2-8,11,16H,9-10,12H2,1H3,(H,20,25)/t16-/m0/s1. The number of tetrazole rings is 1. The predicted octanol–water partition coefficient (Wildman–Crippen LogP) is 1.99. The minimum atomic E-state index is -0.175. The van der Waals surface area contributed by atoms with E-state index >= 15 is 0 Å². The molecule has 4 rings (SSSR count). The highest BCUT2D eigenvalue weighted by Gasteiger charge is 2.23. The lowest BCUT2D eigenvalue weighted by molar-refractivity contribution is -0.123. The third kappa shape index (κ3) is 3.74. The van der Waals surface area contributed by atoms with Crippen LogP contribution in [0.1, 0.15) is 18.0 Å². The topological polar surface area (TPSA) is 91.2 Å². The fourth-order valence-corrected chi connectivity index (χ4v) is 3.05. The van der Waals surface area contributed by atoms with Crippen LogP contribution in [0.25, 0.3) is 11.4 Å². The van der Waals surface area contributed by atoms with E-state index in [0.29, 0.717) is 18.2 Å². The minimum absolute atomic E-state index is 0.00348. The lowest BCUT2D eigenvalue weighted by Gasteiger charge is -2.26. The first-order chi connectivity index (χ1) is 13.2. The molecule has 8 nitrogen and oxygen atoms in total. The van der Waals surface area contributed by atoms with Gasteiger partial charge in [0.15, 0.2) is 0 Å². The van der Waals surface area contributed by atoms with Crippen LogP contribution in [0.4, 0.5) is 0 Å². The van der Waals surface area contributed by atoms with Crippen LogP contribution in [0.2, 0.25) is 0 Å². The molecule has 2 heterocycles. The van der Waals surface area contributed by atoms with Crippen molar-refractivity contribution in [1.82, 2.24) is 25.5 Å². The quantitative estimate of drug-likeness (QED) is 0.743. The maximum Gasteiger partial charge on any atom is 0.244 e. The van der Waals surface area contributed by atoms with Crippen LogP contribution in [-0.2, 0) is 11.3 Å². The molecule has 1 atom stereocenters. The highest BCUT2D eigenvalue weighted by atomic mass is 16.5. The fraction of sp³-hybridized carbons (Fsp3) is 0.263. The normalized spacial score (nSPS) is 15.5. The average molecular weight is 365 g/mol. The van der Waals surface area contributed by atoms with E-state index in [1.54, 1.807) is 7.11 Å². The molecule has 0 spiro atoms. The second-order valence-electron chi connectivity index (χ2n) is 6.17. The lowest BCUT2D eigenvalue weighted by Crippen LogP contribution is -2.34. The molecule has 138 valence electrons. The van der Waals surface area contributed by atoms with Crippen LogP contribution >= 0.6 is 0 Å². The molecule has 0 bridgehead atoms. The molecule has 0 saturated heterocycles. The largest absolute Gasteiger partial charge is 0.497 e. The molecule has 1 aromatic heterocycles. The number of rotatable bonds is 5. The van der Waals surface area contributed by atoms with Gasteiger partial charge in [-0.1, -0.05) is 30.3 Å². The number of methoxy groups -OCH3 is 1. The van der Waals surface area contributed by atoms with Crippen LogP contribution in [0.3, 0.4) is 0 Å². The summed E-state index contributed by atoms with van der Waals surface area (Å²) in [6.45, 7) is 0.569. The van der Waals surface area contributed by atoms with E-state index in [2.05, 4.69) is 20.7 Å². The predicted molar refractivity (Wildman–Crippen MR) is 97.2 cm³/mol. The van der Waals surface area contributed by atoms with Crippen molar-refractivity contribution in [1.29, 1.82) is 0 Å². The van der Waals surface area contributed by atoms with E-state index < -0.39 is 0 Å². The van der Waals surface area contributed by atoms with Crippen molar-refractivity contribution in [2.75, 3.05) is 13.7 Å². The van der Waals surface area contributed by atoms with Gasteiger partial charge in [0.25, 0.3) is 0 Å². The number of hydrogen-bond donors (Lipinski definition) is 1. The monoisotopic (exact) mass is 365 g/mol. The summed E-state index contributed by atoms with van der Waals surface area (Å²) in [5.74, 6) is 1.79. The summed E-state index contributed by atoms with van der Waals surface area (Å²) in [4.78, 5) is 13.7. The average Bonchev–Trinajstić information content (AvgIpc) is 3.17. The van der Waals surface area contributed by atoms with Gasteiger partial charge in [0.2, 0.25) is 11.7 Å². The Morgan fingerprint density at radius 1 is 1.30 bits per heavy atom. The van der Waals surface area contributed by atoms with Gasteiger partial charge in [0, 0.05) is 17.5 Å². The van der Waals surface area contributed by atoms with Crippen LogP contribution in [0.5, 0.6) is 11.5 Å². The van der Waals surface area contributed by atoms with Crippen molar-refractivity contribution in [3.05, 3.63) is 54.1 Å². The minimum Gasteiger partial charge on any atom is -0.497 e. The number of para-hydroxylation sites is 1. The molecule has 0 unspecified atom stereocenters. The first-order valence-electron chi connectivity index (χ1n) is 8.66. The molecule has 27 heavy (non-hydrogen) atoms. The second-order valence-corrected chi connectivity index (χ2v) is 6.17. The molecule has 0 radical (unpaired) electrons. The number of nitrogens with one attached hydrogen (secondary N) is 1. The highest BCUT2D eigenvalue weighted by molar-refractivity contribution is 5.76. The van der Waals surface area contributed by atoms with Crippen LogP contribution in [-0.4, -0.2) is 39.8 Å². The lowest BCUT2D eigenvalue weighted by atomic mass is 10.0. The van der Waals surface area contributed by atoms with Crippen LogP contribution in [0, 0.1) is 0 Å². The van der Waals surface area contributed by atoms with Gasteiger partial charge in [0.1, 0.15) is 18.0 Å². The van der Waals surface area contributed by atoms with Crippen molar-refractivity contribution in [3.63, 3.8) is 0 Å². The van der Waals surface area contributed by atoms with Crippen LogP contribution < -0.4 is 14.8 Å². The number of carbonyl (C=O) groups excluding carboxylic acids is 1. The summed E-state index contributed by atoms with van der Waals surface area (Å²) in [5, 5.41) is 15.3. The molecule has 1 aliphatic rings. The first kappa shape index (κ1) is 17.0. The number of aromatic nitrogens is 4. The van der Waals surface area contributed by atoms with E-state index in [1.807, 2.05) is 48.5 Å². The molecule has 1 aliphatic heterocycles. The summed E-state index contributed by atoms with van der Waals surface area (Å²) < 4.78 is 10.8. The zero-order valence-electron chi connectivity index (χ0n) is 14.8. The van der Waals surface area contributed by atoms with Gasteiger partial charge in [-0.25, -0.2) is 0 Å². The molecular formula is C19H19N5O3. The number of benzene rings is 2. The van der Waals surface area contributed by atoms with Gasteiger partial charge in [-0.05, 0) is 23.4 Å². The fourth-order valence-electron chi connectivity index (χ4n) is 3.05. The SMILES string of the molecule is COc1cccc(-c2nnn(CC(=O)N[C@H]3CCOc4ccccc43)n2)c1. The van der Waals surface area contributed by atoms with E-state index in [1.165, 1.54) is 4.80 Å². The number of hydrogen-bond acceptors (Lipinski definition) is 6. The van der Waals surface area contributed by atoms with E-state index in [-0.39, 0.29) is 18.5 Å². The Labute approximate surface area is 156 Å². The van der Waals surface area contributed by atoms with Gasteiger partial charge >= 0.3 is 0 Å². The Kier molecular flexibility index (Phi) is 4.69. The molecule has 0 fully saturated rings. The summed E-state index contributed by atoms with van der Waals surface area (Å²) >= 11 is 0. The Hall–Kier alpha value is -3.42. The molecular weight excluding hydrogens is 346 g/mol. The summed E-state index contributed by atoms with van der Waals surface area (Å²) in [5.41, 5.74) is 1.76. The summed E-state index contributed by atoms with van der Waals surface area (Å²) in [7, 11) is 1.60. The van der Waals surface area contributed by atoms with E-state index in [9.17, 15) is 4.79 Å². The second kappa shape index (κ2) is 7.45. The highest BCUT2D eigenvalue weighted by Crippen LogP contribution is 2.31. The smallest absolute Gasteiger partial charge is 0.244 e. The molecule has 1 amide bonds. The van der Waals surface area contributed by atoms with Gasteiger partial charge in [-0.15, -0.1) is 10.2 Å². The van der Waals surface area contributed by atoms with Crippen molar-refractivity contribution in [2.45, 2.75) is 19.0 Å². The molecule has 0 aliphatic carbocycles. The van der Waals surface area contributed by atoms with Crippen molar-refractivity contribution < 1.29 is 14.3 Å². The van der Waals surface area contributed by atoms with E-state index in [0.717, 1.165) is 23.3 Å². The van der Waals surface area contributed by atoms with Gasteiger partial charge < -0.3 is 14.8 Å². The zero-order chi connectivity index (χ0) is 18.6. The Balaban J connectivity index is 1.43. The Bertz CT molecular complexity index is 956. The third-order valence-corrected chi connectivity index (χ3v) is 4.36. The Morgan fingerprint density at radius 2 is 2.19 bits per heavy atom. The van der Waals surface area contributed by atoms with Crippen LogP contribution in [0.15, 0.2) is 48.5 Å². The maximum atomic E-state index is 12.4. The molecule has 8 heteroatoms. The Morgan fingerprint density at radius 3 is 3.07 bits per heavy atom. The van der Waals surface area contributed by atoms with Crippen molar-refractivity contribution in [3.8, 4) is 22.9 Å². The molecule has 3 aromatic rings.